The highest BCUT2D eigenvalue weighted by molar-refractivity contribution is 6.03. The number of pyridine rings is 1. The van der Waals surface area contributed by atoms with Crippen LogP contribution >= 0.6 is 0 Å². The van der Waals surface area contributed by atoms with Gasteiger partial charge in [0, 0.05) is 18.5 Å². The van der Waals surface area contributed by atoms with Crippen molar-refractivity contribution in [1.82, 2.24) is 4.98 Å². The molecule has 1 unspecified atom stereocenters. The summed E-state index contributed by atoms with van der Waals surface area (Å²) in [5.74, 6) is 0.235. The largest absolute Gasteiger partial charge is 0.478 e. The summed E-state index contributed by atoms with van der Waals surface area (Å²) < 4.78 is 0. The molecule has 0 aliphatic rings. The van der Waals surface area contributed by atoms with E-state index in [0.717, 1.165) is 0 Å². The van der Waals surface area contributed by atoms with Crippen LogP contribution in [0.15, 0.2) is 30.3 Å². The lowest BCUT2D eigenvalue weighted by Crippen LogP contribution is -2.33. The molecule has 4 nitrogen and oxygen atoms in total. The number of carboxylic acid groups (broad SMARTS) is 1. The summed E-state index contributed by atoms with van der Waals surface area (Å²) >= 11 is 0. The van der Waals surface area contributed by atoms with Crippen LogP contribution in [0.3, 0.4) is 0 Å². The molecule has 0 amide bonds. The summed E-state index contributed by atoms with van der Waals surface area (Å²) in [7, 11) is 1.95. The van der Waals surface area contributed by atoms with Crippen LogP contribution < -0.4 is 4.90 Å². The number of aromatic carboxylic acids is 1. The zero-order valence-electron chi connectivity index (χ0n) is 12.3. The number of para-hydroxylation sites is 1. The first kappa shape index (κ1) is 14.3. The van der Waals surface area contributed by atoms with Crippen molar-refractivity contribution in [2.24, 2.45) is 5.92 Å². The van der Waals surface area contributed by atoms with Crippen LogP contribution in [0.2, 0.25) is 0 Å². The fourth-order valence-electron chi connectivity index (χ4n) is 2.17. The van der Waals surface area contributed by atoms with E-state index in [0.29, 0.717) is 28.2 Å². The van der Waals surface area contributed by atoms with E-state index in [1.807, 2.05) is 30.1 Å². The Morgan fingerprint density at radius 3 is 2.50 bits per heavy atom. The van der Waals surface area contributed by atoms with Gasteiger partial charge in [-0.15, -0.1) is 0 Å². The molecule has 106 valence electrons. The zero-order valence-corrected chi connectivity index (χ0v) is 12.3. The Kier molecular flexibility index (Phi) is 3.93. The Morgan fingerprint density at radius 1 is 1.25 bits per heavy atom. The van der Waals surface area contributed by atoms with Crippen molar-refractivity contribution >= 4 is 22.7 Å². The summed E-state index contributed by atoms with van der Waals surface area (Å²) in [6.45, 7) is 6.39. The van der Waals surface area contributed by atoms with E-state index >= 15 is 0 Å². The number of fused-ring (bicyclic) bond motifs is 1. The molecule has 4 heteroatoms. The number of carbonyl (C=O) groups is 1. The Bertz CT molecular complexity index is 637. The lowest BCUT2D eigenvalue weighted by atomic mass is 10.0. The van der Waals surface area contributed by atoms with E-state index < -0.39 is 5.97 Å². The topological polar surface area (TPSA) is 53.4 Å². The summed E-state index contributed by atoms with van der Waals surface area (Å²) in [6, 6.07) is 9.28. The van der Waals surface area contributed by atoms with Gasteiger partial charge < -0.3 is 10.0 Å². The molecule has 2 rings (SSSR count). The highest BCUT2D eigenvalue weighted by Crippen LogP contribution is 2.24. The summed E-state index contributed by atoms with van der Waals surface area (Å²) in [5, 5.41) is 10.1. The molecule has 0 aliphatic carbocycles. The van der Waals surface area contributed by atoms with Crippen LogP contribution in [-0.2, 0) is 0 Å². The SMILES string of the molecule is CC(C)C(C)N(C)c1cc(C(=O)O)c2ccccc2n1. The Hall–Kier alpha value is -2.10. The molecule has 0 aliphatic heterocycles. The molecule has 2 aromatic rings. The molecule has 1 atom stereocenters. The van der Waals surface area contributed by atoms with Crippen LogP contribution in [0.25, 0.3) is 10.9 Å². The fourth-order valence-corrected chi connectivity index (χ4v) is 2.17. The minimum Gasteiger partial charge on any atom is -0.478 e. The maximum Gasteiger partial charge on any atom is 0.336 e. The molecular formula is C16H20N2O2. The van der Waals surface area contributed by atoms with Gasteiger partial charge in [-0.3, -0.25) is 0 Å². The van der Waals surface area contributed by atoms with Crippen molar-refractivity contribution in [1.29, 1.82) is 0 Å². The van der Waals surface area contributed by atoms with E-state index in [1.54, 1.807) is 12.1 Å². The van der Waals surface area contributed by atoms with Crippen LogP contribution in [0.1, 0.15) is 31.1 Å². The maximum absolute atomic E-state index is 11.4. The number of anilines is 1. The minimum atomic E-state index is -0.921. The van der Waals surface area contributed by atoms with Crippen molar-refractivity contribution < 1.29 is 9.90 Å². The Balaban J connectivity index is 2.58. The number of aromatic nitrogens is 1. The maximum atomic E-state index is 11.4. The van der Waals surface area contributed by atoms with Crippen molar-refractivity contribution in [2.75, 3.05) is 11.9 Å². The van der Waals surface area contributed by atoms with Gasteiger partial charge in [0.1, 0.15) is 5.82 Å². The quantitative estimate of drug-likeness (QED) is 0.926. The van der Waals surface area contributed by atoms with Gasteiger partial charge in [-0.2, -0.15) is 0 Å². The second kappa shape index (κ2) is 5.49. The molecule has 0 bridgehead atoms. The van der Waals surface area contributed by atoms with Gasteiger partial charge in [-0.1, -0.05) is 32.0 Å². The molecule has 0 saturated heterocycles. The average molecular weight is 272 g/mol. The number of benzene rings is 1. The highest BCUT2D eigenvalue weighted by Gasteiger charge is 2.18. The molecule has 20 heavy (non-hydrogen) atoms. The highest BCUT2D eigenvalue weighted by atomic mass is 16.4. The molecular weight excluding hydrogens is 252 g/mol. The van der Waals surface area contributed by atoms with Gasteiger partial charge in [0.25, 0.3) is 0 Å². The first-order chi connectivity index (χ1) is 9.41. The number of hydrogen-bond acceptors (Lipinski definition) is 3. The third-order valence-corrected chi connectivity index (χ3v) is 3.87. The molecule has 0 radical (unpaired) electrons. The summed E-state index contributed by atoms with van der Waals surface area (Å²) in [5.41, 5.74) is 1.01. The fraction of sp³-hybridized carbons (Fsp3) is 0.375. The number of nitrogens with zero attached hydrogens (tertiary/aromatic N) is 2. The third-order valence-electron chi connectivity index (χ3n) is 3.87. The summed E-state index contributed by atoms with van der Waals surface area (Å²) in [4.78, 5) is 18.1. The van der Waals surface area contributed by atoms with E-state index in [-0.39, 0.29) is 6.04 Å². The third kappa shape index (κ3) is 2.59. The van der Waals surface area contributed by atoms with Gasteiger partial charge in [-0.05, 0) is 25.0 Å². The molecule has 1 N–H and O–H groups in total. The van der Waals surface area contributed by atoms with E-state index in [4.69, 9.17) is 0 Å². The lowest BCUT2D eigenvalue weighted by molar-refractivity contribution is 0.0699. The molecule has 0 fully saturated rings. The first-order valence-corrected chi connectivity index (χ1v) is 6.77. The molecule has 0 spiro atoms. The van der Waals surface area contributed by atoms with Gasteiger partial charge >= 0.3 is 5.97 Å². The molecule has 0 saturated carbocycles. The number of carboxylic acids is 1. The minimum absolute atomic E-state index is 0.283. The van der Waals surface area contributed by atoms with Crippen molar-refractivity contribution in [3.63, 3.8) is 0 Å². The van der Waals surface area contributed by atoms with E-state index in [1.165, 1.54) is 0 Å². The van der Waals surface area contributed by atoms with Crippen molar-refractivity contribution in [3.8, 4) is 0 Å². The van der Waals surface area contributed by atoms with Crippen molar-refractivity contribution in [2.45, 2.75) is 26.8 Å². The Labute approximate surface area is 119 Å². The average Bonchev–Trinajstić information content (AvgIpc) is 2.44. The van der Waals surface area contributed by atoms with Gasteiger partial charge in [0.05, 0.1) is 11.1 Å². The number of hydrogen-bond donors (Lipinski definition) is 1. The van der Waals surface area contributed by atoms with Crippen LogP contribution in [-0.4, -0.2) is 29.1 Å². The number of rotatable bonds is 4. The summed E-state index contributed by atoms with van der Waals surface area (Å²) in [6.07, 6.45) is 0. The molecule has 1 heterocycles. The smallest absolute Gasteiger partial charge is 0.336 e. The van der Waals surface area contributed by atoms with Crippen molar-refractivity contribution in [3.05, 3.63) is 35.9 Å². The Morgan fingerprint density at radius 2 is 1.90 bits per heavy atom. The van der Waals surface area contributed by atoms with Crippen LogP contribution in [0.4, 0.5) is 5.82 Å². The molecule has 1 aromatic carbocycles. The zero-order chi connectivity index (χ0) is 14.9. The predicted octanol–water partition coefficient (Wildman–Crippen LogP) is 3.41. The van der Waals surface area contributed by atoms with Crippen LogP contribution in [0.5, 0.6) is 0 Å². The first-order valence-electron chi connectivity index (χ1n) is 6.77. The van der Waals surface area contributed by atoms with E-state index in [2.05, 4.69) is 25.8 Å². The second-order valence-electron chi connectivity index (χ2n) is 5.45. The molecule has 1 aromatic heterocycles. The van der Waals surface area contributed by atoms with Gasteiger partial charge in [-0.25, -0.2) is 9.78 Å². The standard InChI is InChI=1S/C16H20N2O2/c1-10(2)11(3)18(4)15-9-13(16(19)20)12-7-5-6-8-14(12)17-15/h5-11H,1-4H3,(H,19,20). The normalized spacial score (nSPS) is 12.7. The van der Waals surface area contributed by atoms with Gasteiger partial charge in [0.15, 0.2) is 0 Å². The van der Waals surface area contributed by atoms with E-state index in [9.17, 15) is 9.90 Å². The van der Waals surface area contributed by atoms with Gasteiger partial charge in [0.2, 0.25) is 0 Å². The predicted molar refractivity (Wildman–Crippen MR) is 81.4 cm³/mol. The lowest BCUT2D eigenvalue weighted by Gasteiger charge is -2.29. The second-order valence-corrected chi connectivity index (χ2v) is 5.45. The monoisotopic (exact) mass is 272 g/mol. The van der Waals surface area contributed by atoms with Crippen LogP contribution in [0, 0.1) is 5.92 Å².